The Kier molecular flexibility index (Phi) is 9.56. The van der Waals surface area contributed by atoms with Gasteiger partial charge in [0.2, 0.25) is 0 Å². The maximum Gasteiger partial charge on any atom is 0.671 e. The topological polar surface area (TPSA) is 83.1 Å². The Balaban J connectivity index is 5.42. The molecule has 0 aliphatic heterocycles. The van der Waals surface area contributed by atoms with Crippen molar-refractivity contribution >= 4 is 26.7 Å². The van der Waals surface area contributed by atoms with Gasteiger partial charge in [0.15, 0.2) is 0 Å². The fourth-order valence-electron chi connectivity index (χ4n) is 1.64. The summed E-state index contributed by atoms with van der Waals surface area (Å²) in [6.45, 7) is 0. The average Bonchev–Trinajstić information content (AvgIpc) is 2.57. The average molecular weight is 363 g/mol. The van der Waals surface area contributed by atoms with Crippen LogP contribution in [0, 0.1) is 0 Å². The van der Waals surface area contributed by atoms with Crippen molar-refractivity contribution in [2.24, 2.45) is 0 Å². The minimum absolute atomic E-state index is 0.182. The minimum atomic E-state index is -3.37. The summed E-state index contributed by atoms with van der Waals surface area (Å²) in [4.78, 5) is 0. The molecule has 9 nitrogen and oxygen atoms in total. The van der Waals surface area contributed by atoms with Crippen molar-refractivity contribution < 1.29 is 39.5 Å². The number of rotatable bonds is 12. The van der Waals surface area contributed by atoms with E-state index in [0.717, 1.165) is 0 Å². The first-order valence-corrected chi connectivity index (χ1v) is 11.5. The van der Waals surface area contributed by atoms with Crippen LogP contribution in [0.3, 0.4) is 0 Å². The summed E-state index contributed by atoms with van der Waals surface area (Å²) in [6.07, 6.45) is 0. The highest BCUT2D eigenvalue weighted by Crippen LogP contribution is 2.27. The standard InChI is InChI=1S/C9H26O9Si3/c1-10-19(11-2,12-3)9-20(13-4,14-5)18-21(15-6,16-7)17-8/h9H2,1-8H3. The SMILES string of the molecule is CO[Si](C[Si](OC)(OC)O[Si](OC)(OC)OC)(OC)OC. The van der Waals surface area contributed by atoms with E-state index in [1.165, 1.54) is 56.9 Å². The van der Waals surface area contributed by atoms with Crippen LogP contribution < -0.4 is 0 Å². The third kappa shape index (κ3) is 5.15. The second kappa shape index (κ2) is 9.43. The highest BCUT2D eigenvalue weighted by Gasteiger charge is 2.60. The zero-order valence-electron chi connectivity index (χ0n) is 13.9. The van der Waals surface area contributed by atoms with Gasteiger partial charge in [-0.1, -0.05) is 0 Å². The van der Waals surface area contributed by atoms with Crippen molar-refractivity contribution in [2.45, 2.75) is 5.67 Å². The van der Waals surface area contributed by atoms with Gasteiger partial charge in [-0.05, 0) is 0 Å². The monoisotopic (exact) mass is 362 g/mol. The van der Waals surface area contributed by atoms with Gasteiger partial charge in [0.1, 0.15) is 0 Å². The van der Waals surface area contributed by atoms with Gasteiger partial charge in [-0.25, -0.2) is 0 Å². The van der Waals surface area contributed by atoms with E-state index in [9.17, 15) is 0 Å². The summed E-state index contributed by atoms with van der Waals surface area (Å²) in [5.74, 6) is 0. The summed E-state index contributed by atoms with van der Waals surface area (Å²) >= 11 is 0. The van der Waals surface area contributed by atoms with E-state index in [4.69, 9.17) is 39.5 Å². The summed E-state index contributed by atoms with van der Waals surface area (Å²) in [7, 11) is 2.09. The van der Waals surface area contributed by atoms with Crippen LogP contribution >= 0.6 is 0 Å². The van der Waals surface area contributed by atoms with Gasteiger partial charge in [0.25, 0.3) is 0 Å². The molecule has 0 heterocycles. The summed E-state index contributed by atoms with van der Waals surface area (Å²) in [6, 6.07) is 0. The molecule has 0 N–H and O–H groups in total. The lowest BCUT2D eigenvalue weighted by Gasteiger charge is -2.36. The normalized spacial score (nSPS) is 13.7. The van der Waals surface area contributed by atoms with Crippen LogP contribution in [0.5, 0.6) is 0 Å². The van der Waals surface area contributed by atoms with Crippen molar-refractivity contribution in [3.63, 3.8) is 0 Å². The van der Waals surface area contributed by atoms with Crippen LogP contribution in [0.2, 0.25) is 5.67 Å². The molecule has 0 unspecified atom stereocenters. The van der Waals surface area contributed by atoms with Crippen LogP contribution in [0.4, 0.5) is 0 Å². The first-order valence-electron chi connectivity index (χ1n) is 6.01. The molecule has 0 aliphatic rings. The van der Waals surface area contributed by atoms with E-state index in [0.29, 0.717) is 0 Å². The van der Waals surface area contributed by atoms with E-state index in [2.05, 4.69) is 0 Å². The second-order valence-corrected chi connectivity index (χ2v) is 13.0. The highest BCUT2D eigenvalue weighted by atomic mass is 28.5. The summed E-state index contributed by atoms with van der Waals surface area (Å²) < 4.78 is 48.8. The third-order valence-electron chi connectivity index (χ3n) is 3.02. The molecule has 21 heavy (non-hydrogen) atoms. The molecule has 0 fully saturated rings. The predicted molar refractivity (Wildman–Crippen MR) is 79.2 cm³/mol. The third-order valence-corrected chi connectivity index (χ3v) is 13.3. The van der Waals surface area contributed by atoms with Gasteiger partial charge >= 0.3 is 26.7 Å². The van der Waals surface area contributed by atoms with E-state index >= 15 is 0 Å². The van der Waals surface area contributed by atoms with Crippen molar-refractivity contribution in [1.29, 1.82) is 0 Å². The lowest BCUT2D eigenvalue weighted by atomic mass is 11.8. The molecule has 0 atom stereocenters. The van der Waals surface area contributed by atoms with Crippen LogP contribution in [0.15, 0.2) is 0 Å². The zero-order chi connectivity index (χ0) is 16.6. The van der Waals surface area contributed by atoms with Gasteiger partial charge in [-0.3, -0.25) is 0 Å². The van der Waals surface area contributed by atoms with E-state index in [-0.39, 0.29) is 5.67 Å². The Bertz CT molecular complexity index is 241. The van der Waals surface area contributed by atoms with Crippen LogP contribution in [0.1, 0.15) is 0 Å². The van der Waals surface area contributed by atoms with Crippen LogP contribution in [0.25, 0.3) is 0 Å². The summed E-state index contributed by atoms with van der Waals surface area (Å²) in [5, 5.41) is 0. The molecule has 128 valence electrons. The van der Waals surface area contributed by atoms with E-state index < -0.39 is 26.7 Å². The quantitative estimate of drug-likeness (QED) is 0.446. The first-order chi connectivity index (χ1) is 9.90. The molecular weight excluding hydrogens is 336 g/mol. The Hall–Kier alpha value is 0.291. The summed E-state index contributed by atoms with van der Waals surface area (Å²) in [5.41, 5.74) is 0.182. The predicted octanol–water partition coefficient (Wildman–Crippen LogP) is 0.0268. The van der Waals surface area contributed by atoms with Crippen molar-refractivity contribution in [3.8, 4) is 0 Å². The number of hydrogen-bond acceptors (Lipinski definition) is 9. The fraction of sp³-hybridized carbons (Fsp3) is 1.00. The van der Waals surface area contributed by atoms with E-state index in [1.54, 1.807) is 0 Å². The Morgan fingerprint density at radius 2 is 0.810 bits per heavy atom. The van der Waals surface area contributed by atoms with Crippen LogP contribution in [-0.2, 0) is 39.5 Å². The molecule has 12 heteroatoms. The molecule has 0 radical (unpaired) electrons. The van der Waals surface area contributed by atoms with Crippen molar-refractivity contribution in [1.82, 2.24) is 0 Å². The zero-order valence-corrected chi connectivity index (χ0v) is 16.9. The molecule has 0 aromatic heterocycles. The fourth-order valence-corrected chi connectivity index (χ4v) is 11.9. The Morgan fingerprint density at radius 1 is 0.476 bits per heavy atom. The van der Waals surface area contributed by atoms with Gasteiger partial charge in [0, 0.05) is 56.9 Å². The minimum Gasteiger partial charge on any atom is -0.377 e. The molecule has 0 aromatic carbocycles. The Labute approximate surface area is 129 Å². The van der Waals surface area contributed by atoms with Gasteiger partial charge < -0.3 is 39.5 Å². The molecular formula is C9H26O9Si3. The van der Waals surface area contributed by atoms with Gasteiger partial charge in [-0.2, -0.15) is 0 Å². The first kappa shape index (κ1) is 21.3. The molecule has 0 saturated heterocycles. The smallest absolute Gasteiger partial charge is 0.377 e. The van der Waals surface area contributed by atoms with E-state index in [1.807, 2.05) is 0 Å². The maximum absolute atomic E-state index is 5.89. The molecule has 0 rings (SSSR count). The Morgan fingerprint density at radius 3 is 1.05 bits per heavy atom. The number of hydrogen-bond donors (Lipinski definition) is 0. The molecule has 0 aromatic rings. The van der Waals surface area contributed by atoms with Gasteiger partial charge in [0.05, 0.1) is 5.67 Å². The maximum atomic E-state index is 5.89. The second-order valence-electron chi connectivity index (χ2n) is 3.78. The molecule has 0 spiro atoms. The molecule has 0 amide bonds. The lowest BCUT2D eigenvalue weighted by molar-refractivity contribution is 0.0135. The molecule has 0 aliphatic carbocycles. The highest BCUT2D eigenvalue weighted by molar-refractivity contribution is 6.83. The van der Waals surface area contributed by atoms with Gasteiger partial charge in [-0.15, -0.1) is 0 Å². The molecule has 0 saturated carbocycles. The van der Waals surface area contributed by atoms with Crippen molar-refractivity contribution in [3.05, 3.63) is 0 Å². The lowest BCUT2D eigenvalue weighted by Crippen LogP contribution is -2.63. The van der Waals surface area contributed by atoms with Crippen molar-refractivity contribution in [2.75, 3.05) is 56.9 Å². The molecule has 0 bridgehead atoms. The largest absolute Gasteiger partial charge is 0.671 e. The van der Waals surface area contributed by atoms with Crippen LogP contribution in [-0.4, -0.2) is 83.5 Å².